The van der Waals surface area contributed by atoms with Gasteiger partial charge in [-0.05, 0) is 44.9 Å². The summed E-state index contributed by atoms with van der Waals surface area (Å²) in [4.78, 5) is 12.5. The Morgan fingerprint density at radius 3 is 1.32 bits per heavy atom. The van der Waals surface area contributed by atoms with Crippen molar-refractivity contribution in [3.63, 3.8) is 0 Å². The van der Waals surface area contributed by atoms with E-state index in [4.69, 9.17) is 0 Å². The van der Waals surface area contributed by atoms with E-state index in [1.54, 1.807) is 6.08 Å². The fourth-order valence-corrected chi connectivity index (χ4v) is 6.83. The van der Waals surface area contributed by atoms with Crippen molar-refractivity contribution < 1.29 is 22.9 Å². The van der Waals surface area contributed by atoms with Gasteiger partial charge < -0.3 is 10.4 Å². The van der Waals surface area contributed by atoms with Crippen LogP contribution >= 0.6 is 0 Å². The summed E-state index contributed by atoms with van der Waals surface area (Å²) < 4.78 is 32.4. The van der Waals surface area contributed by atoms with Crippen molar-refractivity contribution in [2.75, 3.05) is 5.75 Å². The third-order valence-corrected chi connectivity index (χ3v) is 9.90. The Hall–Kier alpha value is -1.18. The first kappa shape index (κ1) is 45.8. The van der Waals surface area contributed by atoms with E-state index >= 15 is 0 Å². The zero-order valence-electron chi connectivity index (χ0n) is 30.9. The zero-order chi connectivity index (χ0) is 34.7. The Balaban J connectivity index is 3.90. The first-order chi connectivity index (χ1) is 22.8. The molecule has 47 heavy (non-hydrogen) atoms. The highest BCUT2D eigenvalue weighted by atomic mass is 32.2. The van der Waals surface area contributed by atoms with Crippen LogP contribution in [0.5, 0.6) is 0 Å². The van der Waals surface area contributed by atoms with Gasteiger partial charge in [-0.1, -0.05) is 179 Å². The van der Waals surface area contributed by atoms with Crippen molar-refractivity contribution in [3.8, 4) is 0 Å². The number of carbonyl (C=O) groups is 1. The molecular weight excluding hydrogens is 607 g/mol. The molecule has 0 aliphatic carbocycles. The minimum atomic E-state index is -4.34. The number of allylic oxidation sites excluding steroid dienone is 3. The van der Waals surface area contributed by atoms with Crippen molar-refractivity contribution >= 4 is 16.0 Å². The molecule has 0 fully saturated rings. The highest BCUT2D eigenvalue weighted by molar-refractivity contribution is 7.85. The molecule has 278 valence electrons. The number of aliphatic hydroxyl groups is 1. The molecule has 0 saturated carbocycles. The largest absolute Gasteiger partial charge is 0.387 e. The summed E-state index contributed by atoms with van der Waals surface area (Å²) in [5, 5.41) is 13.2. The maximum atomic E-state index is 12.5. The van der Waals surface area contributed by atoms with Gasteiger partial charge in [-0.3, -0.25) is 9.35 Å². The first-order valence-electron chi connectivity index (χ1n) is 20.0. The number of carbonyl (C=O) groups excluding carboxylic acids is 1. The molecule has 2 atom stereocenters. The Morgan fingerprint density at radius 1 is 0.553 bits per heavy atom. The predicted octanol–water partition coefficient (Wildman–Crippen LogP) is 11.6. The molecular formula is C40H77NO5S. The number of hydrogen-bond donors (Lipinski definition) is 3. The monoisotopic (exact) mass is 684 g/mol. The van der Waals surface area contributed by atoms with Crippen LogP contribution in [0.15, 0.2) is 24.3 Å². The van der Waals surface area contributed by atoms with Gasteiger partial charge in [-0.15, -0.1) is 0 Å². The van der Waals surface area contributed by atoms with E-state index in [9.17, 15) is 22.9 Å². The van der Waals surface area contributed by atoms with E-state index in [0.717, 1.165) is 57.8 Å². The Kier molecular flexibility index (Phi) is 33.8. The lowest BCUT2D eigenvalue weighted by atomic mass is 10.0. The van der Waals surface area contributed by atoms with Gasteiger partial charge in [0.05, 0.1) is 17.9 Å². The Bertz CT molecular complexity index is 842. The summed E-state index contributed by atoms with van der Waals surface area (Å²) in [6.45, 7) is 4.49. The molecule has 0 rings (SSSR count). The summed E-state index contributed by atoms with van der Waals surface area (Å²) in [6.07, 6.45) is 43.1. The lowest BCUT2D eigenvalue weighted by Crippen LogP contribution is -2.46. The van der Waals surface area contributed by atoms with Crippen LogP contribution in [0, 0.1) is 0 Å². The van der Waals surface area contributed by atoms with Gasteiger partial charge in [0.1, 0.15) is 0 Å². The van der Waals surface area contributed by atoms with Gasteiger partial charge in [-0.2, -0.15) is 8.42 Å². The minimum Gasteiger partial charge on any atom is -0.387 e. The third-order valence-electron chi connectivity index (χ3n) is 9.12. The van der Waals surface area contributed by atoms with Gasteiger partial charge in [0.2, 0.25) is 5.91 Å². The lowest BCUT2D eigenvalue weighted by Gasteiger charge is -2.21. The number of hydrogen-bond acceptors (Lipinski definition) is 4. The molecule has 0 aromatic carbocycles. The van der Waals surface area contributed by atoms with E-state index in [-0.39, 0.29) is 12.3 Å². The van der Waals surface area contributed by atoms with Gasteiger partial charge in [0, 0.05) is 6.42 Å². The topological polar surface area (TPSA) is 104 Å². The van der Waals surface area contributed by atoms with E-state index in [1.807, 2.05) is 6.08 Å². The highest BCUT2D eigenvalue weighted by Gasteiger charge is 2.24. The molecule has 1 amide bonds. The molecule has 0 aliphatic heterocycles. The average molecular weight is 684 g/mol. The number of amides is 1. The van der Waals surface area contributed by atoms with Crippen LogP contribution in [0.1, 0.15) is 206 Å². The first-order valence-corrected chi connectivity index (χ1v) is 21.6. The quantitative estimate of drug-likeness (QED) is 0.0346. The summed E-state index contributed by atoms with van der Waals surface area (Å²) in [5.41, 5.74) is 0. The van der Waals surface area contributed by atoms with Crippen LogP contribution in [0.4, 0.5) is 0 Å². The fraction of sp³-hybridized carbons (Fsp3) is 0.875. The smallest absolute Gasteiger partial charge is 0.267 e. The molecule has 0 heterocycles. The zero-order valence-corrected chi connectivity index (χ0v) is 31.7. The second kappa shape index (κ2) is 34.7. The molecule has 0 aromatic heterocycles. The molecule has 0 aliphatic rings. The highest BCUT2D eigenvalue weighted by Crippen LogP contribution is 2.15. The van der Waals surface area contributed by atoms with Crippen molar-refractivity contribution in [1.29, 1.82) is 0 Å². The third kappa shape index (κ3) is 35.9. The summed E-state index contributed by atoms with van der Waals surface area (Å²) >= 11 is 0. The van der Waals surface area contributed by atoms with Crippen LogP contribution in [-0.2, 0) is 14.9 Å². The van der Waals surface area contributed by atoms with E-state index < -0.39 is 28.0 Å². The normalized spacial score (nSPS) is 13.5. The van der Waals surface area contributed by atoms with E-state index in [2.05, 4.69) is 31.3 Å². The number of unbranched alkanes of at least 4 members (excludes halogenated alkanes) is 26. The maximum Gasteiger partial charge on any atom is 0.267 e. The summed E-state index contributed by atoms with van der Waals surface area (Å²) in [7, 11) is -4.34. The Labute approximate surface area is 292 Å². The molecule has 6 nitrogen and oxygen atoms in total. The number of rotatable bonds is 36. The second-order valence-electron chi connectivity index (χ2n) is 13.9. The second-order valence-corrected chi connectivity index (χ2v) is 15.4. The summed E-state index contributed by atoms with van der Waals surface area (Å²) in [5.74, 6) is -0.986. The SMILES string of the molecule is CCCCC/C=C\CCCCCCCC(=O)NC(CS(=O)(=O)O)C(O)/C=C/CCCCCCCCCCCCCCCCCCCC. The number of aliphatic hydroxyl groups excluding tert-OH is 1. The summed E-state index contributed by atoms with van der Waals surface area (Å²) in [6, 6.07) is -1.06. The molecule has 0 aromatic rings. The van der Waals surface area contributed by atoms with Gasteiger partial charge in [0.25, 0.3) is 10.1 Å². The maximum absolute atomic E-state index is 12.5. The average Bonchev–Trinajstić information content (AvgIpc) is 3.03. The molecule has 0 radical (unpaired) electrons. The van der Waals surface area contributed by atoms with E-state index in [1.165, 1.54) is 128 Å². The fourth-order valence-electron chi connectivity index (χ4n) is 6.09. The number of nitrogens with one attached hydrogen (secondary N) is 1. The molecule has 3 N–H and O–H groups in total. The Morgan fingerprint density at radius 2 is 0.894 bits per heavy atom. The molecule has 0 saturated heterocycles. The van der Waals surface area contributed by atoms with E-state index in [0.29, 0.717) is 0 Å². The molecule has 2 unspecified atom stereocenters. The molecule has 7 heteroatoms. The van der Waals surface area contributed by atoms with Gasteiger partial charge in [-0.25, -0.2) is 0 Å². The van der Waals surface area contributed by atoms with Crippen LogP contribution in [0.2, 0.25) is 0 Å². The van der Waals surface area contributed by atoms with Crippen molar-refractivity contribution in [2.24, 2.45) is 0 Å². The van der Waals surface area contributed by atoms with Crippen LogP contribution in [0.3, 0.4) is 0 Å². The predicted molar refractivity (Wildman–Crippen MR) is 202 cm³/mol. The standard InChI is InChI=1S/C40H77NO5S/c1-3-5-7-9-11-13-15-17-18-19-20-21-22-23-24-25-27-29-31-33-35-39(42)38(37-47(44,45)46)41-40(43)36-34-32-30-28-26-16-14-12-10-8-6-4-2/h12,14,33,35,38-39,42H,3-11,13,15-32,34,36-37H2,1-2H3,(H,41,43)(H,44,45,46)/b14-12-,35-33+. The molecule has 0 bridgehead atoms. The van der Waals surface area contributed by atoms with Crippen LogP contribution < -0.4 is 5.32 Å². The van der Waals surface area contributed by atoms with Gasteiger partial charge >= 0.3 is 0 Å². The van der Waals surface area contributed by atoms with Crippen LogP contribution in [0.25, 0.3) is 0 Å². The minimum absolute atomic E-state index is 0.287. The van der Waals surface area contributed by atoms with Gasteiger partial charge in [0.15, 0.2) is 0 Å². The lowest BCUT2D eigenvalue weighted by molar-refractivity contribution is -0.122. The van der Waals surface area contributed by atoms with Crippen molar-refractivity contribution in [1.82, 2.24) is 5.32 Å². The van der Waals surface area contributed by atoms with Crippen molar-refractivity contribution in [3.05, 3.63) is 24.3 Å². The van der Waals surface area contributed by atoms with Crippen LogP contribution in [-0.4, -0.2) is 41.9 Å². The van der Waals surface area contributed by atoms with Crippen molar-refractivity contribution in [2.45, 2.75) is 219 Å². The molecule has 0 spiro atoms.